The highest BCUT2D eigenvalue weighted by Gasteiger charge is 2.38. The summed E-state index contributed by atoms with van der Waals surface area (Å²) in [7, 11) is -3.12. The lowest BCUT2D eigenvalue weighted by molar-refractivity contribution is -0.122. The van der Waals surface area contributed by atoms with Crippen molar-refractivity contribution in [2.24, 2.45) is 11.8 Å². The van der Waals surface area contributed by atoms with Crippen molar-refractivity contribution in [3.8, 4) is 0 Å². The number of para-hydroxylation sites is 2. The zero-order chi connectivity index (χ0) is 15.9. The van der Waals surface area contributed by atoms with E-state index in [1.165, 1.54) is 0 Å². The number of carbonyl (C=O) groups excluding carboxylic acids is 2. The van der Waals surface area contributed by atoms with Crippen LogP contribution in [0.3, 0.4) is 0 Å². The van der Waals surface area contributed by atoms with Crippen LogP contribution >= 0.6 is 0 Å². The number of nitrogens with one attached hydrogen (secondary N) is 1. The summed E-state index contributed by atoms with van der Waals surface area (Å²) in [6.07, 6.45) is 0.357. The molecule has 0 aromatic heterocycles. The molecule has 0 unspecified atom stereocenters. The molecule has 2 heterocycles. The average molecular weight is 322 g/mol. The molecule has 1 saturated heterocycles. The minimum absolute atomic E-state index is 0.0611. The third kappa shape index (κ3) is 2.72. The number of rotatable bonds is 1. The van der Waals surface area contributed by atoms with Crippen molar-refractivity contribution < 1.29 is 18.0 Å². The molecule has 1 aromatic rings. The molecule has 3 rings (SSSR count). The second-order valence-corrected chi connectivity index (χ2v) is 8.18. The quantitative estimate of drug-likeness (QED) is 0.837. The fraction of sp³-hybridized carbons (Fsp3) is 0.467. The molecule has 1 fully saturated rings. The van der Waals surface area contributed by atoms with E-state index in [1.54, 1.807) is 36.1 Å². The maximum Gasteiger partial charge on any atom is 0.231 e. The number of fused-ring (bicyclic) bond motifs is 1. The minimum atomic E-state index is -3.12. The Balaban J connectivity index is 1.95. The van der Waals surface area contributed by atoms with Gasteiger partial charge in [0.15, 0.2) is 9.84 Å². The van der Waals surface area contributed by atoms with Crippen LogP contribution < -0.4 is 10.2 Å². The Morgan fingerprint density at radius 2 is 2.05 bits per heavy atom. The van der Waals surface area contributed by atoms with Gasteiger partial charge in [-0.1, -0.05) is 19.1 Å². The number of anilines is 2. The summed E-state index contributed by atoms with van der Waals surface area (Å²) in [5.41, 5.74) is 1.22. The number of sulfone groups is 1. The van der Waals surface area contributed by atoms with Crippen LogP contribution in [0.4, 0.5) is 11.4 Å². The van der Waals surface area contributed by atoms with Crippen LogP contribution in [0.1, 0.15) is 13.3 Å². The zero-order valence-corrected chi connectivity index (χ0v) is 13.1. The van der Waals surface area contributed by atoms with Crippen molar-refractivity contribution >= 4 is 33.0 Å². The number of hydrogen-bond acceptors (Lipinski definition) is 4. The van der Waals surface area contributed by atoms with E-state index in [4.69, 9.17) is 0 Å². The number of nitrogens with zero attached hydrogens (tertiary/aromatic N) is 1. The Labute approximate surface area is 129 Å². The Bertz CT molecular complexity index is 729. The summed E-state index contributed by atoms with van der Waals surface area (Å²) < 4.78 is 23.2. The third-order valence-electron chi connectivity index (χ3n) is 4.20. The van der Waals surface area contributed by atoms with Crippen molar-refractivity contribution in [3.63, 3.8) is 0 Å². The van der Waals surface area contributed by atoms with Crippen LogP contribution in [0.15, 0.2) is 24.3 Å². The van der Waals surface area contributed by atoms with Gasteiger partial charge in [0.2, 0.25) is 11.8 Å². The summed E-state index contributed by atoms with van der Waals surface area (Å²) in [6.45, 7) is 2.02. The monoisotopic (exact) mass is 322 g/mol. The lowest BCUT2D eigenvalue weighted by Gasteiger charge is -2.26. The van der Waals surface area contributed by atoms with Crippen LogP contribution in [0, 0.1) is 11.8 Å². The lowest BCUT2D eigenvalue weighted by Crippen LogP contribution is -2.40. The highest BCUT2D eigenvalue weighted by atomic mass is 32.2. The Morgan fingerprint density at radius 1 is 1.32 bits per heavy atom. The van der Waals surface area contributed by atoms with E-state index in [0.717, 1.165) is 0 Å². The molecule has 118 valence electrons. The van der Waals surface area contributed by atoms with E-state index in [2.05, 4.69) is 5.32 Å². The fourth-order valence-electron chi connectivity index (χ4n) is 2.94. The number of amides is 2. The van der Waals surface area contributed by atoms with Gasteiger partial charge in [0, 0.05) is 6.54 Å². The van der Waals surface area contributed by atoms with Crippen LogP contribution in [0.5, 0.6) is 0 Å². The molecular formula is C15H18N2O4S. The first-order valence-corrected chi connectivity index (χ1v) is 9.11. The highest BCUT2D eigenvalue weighted by molar-refractivity contribution is 7.91. The molecule has 2 aliphatic heterocycles. The largest absolute Gasteiger partial charge is 0.324 e. The summed E-state index contributed by atoms with van der Waals surface area (Å²) in [5.74, 6) is -1.25. The first kappa shape index (κ1) is 15.0. The van der Waals surface area contributed by atoms with Crippen LogP contribution in [0.25, 0.3) is 0 Å². The molecule has 7 heteroatoms. The van der Waals surface area contributed by atoms with Gasteiger partial charge in [-0.2, -0.15) is 0 Å². The number of hydrogen-bond donors (Lipinski definition) is 1. The summed E-state index contributed by atoms with van der Waals surface area (Å²) in [5, 5.41) is 2.81. The molecule has 1 N–H and O–H groups in total. The van der Waals surface area contributed by atoms with Gasteiger partial charge in [0.25, 0.3) is 0 Å². The Morgan fingerprint density at radius 3 is 2.73 bits per heavy atom. The van der Waals surface area contributed by atoms with Gasteiger partial charge >= 0.3 is 0 Å². The Kier molecular flexibility index (Phi) is 3.68. The molecule has 22 heavy (non-hydrogen) atoms. The van der Waals surface area contributed by atoms with E-state index in [0.29, 0.717) is 17.8 Å². The second-order valence-electron chi connectivity index (χ2n) is 5.96. The summed E-state index contributed by atoms with van der Waals surface area (Å²) >= 11 is 0. The third-order valence-corrected chi connectivity index (χ3v) is 5.97. The maximum atomic E-state index is 12.8. The summed E-state index contributed by atoms with van der Waals surface area (Å²) in [4.78, 5) is 26.4. The topological polar surface area (TPSA) is 83.6 Å². The van der Waals surface area contributed by atoms with Gasteiger partial charge in [0.1, 0.15) is 0 Å². The SMILES string of the molecule is C[C@@H]1CN(C(=O)[C@H]2CCS(=O)(=O)C2)c2ccccc2NC1=O. The molecule has 0 radical (unpaired) electrons. The lowest BCUT2D eigenvalue weighted by atomic mass is 10.1. The van der Waals surface area contributed by atoms with Crippen LogP contribution in [-0.4, -0.2) is 38.3 Å². The van der Waals surface area contributed by atoms with E-state index in [1.807, 2.05) is 0 Å². The van der Waals surface area contributed by atoms with Gasteiger partial charge in [-0.05, 0) is 18.6 Å². The maximum absolute atomic E-state index is 12.8. The van der Waals surface area contributed by atoms with E-state index in [-0.39, 0.29) is 35.8 Å². The smallest absolute Gasteiger partial charge is 0.231 e. The first-order chi connectivity index (χ1) is 10.4. The molecule has 2 amide bonds. The summed E-state index contributed by atoms with van der Waals surface area (Å²) in [6, 6.07) is 7.11. The van der Waals surface area contributed by atoms with Gasteiger partial charge < -0.3 is 10.2 Å². The predicted octanol–water partition coefficient (Wildman–Crippen LogP) is 1.04. The molecule has 2 aliphatic rings. The Hall–Kier alpha value is -1.89. The molecule has 2 atom stereocenters. The van der Waals surface area contributed by atoms with Crippen molar-refractivity contribution in [2.75, 3.05) is 28.3 Å². The molecule has 0 aliphatic carbocycles. The molecule has 0 saturated carbocycles. The second kappa shape index (κ2) is 5.39. The van der Waals surface area contributed by atoms with Crippen molar-refractivity contribution in [1.29, 1.82) is 0 Å². The number of carbonyl (C=O) groups is 2. The van der Waals surface area contributed by atoms with Crippen molar-refractivity contribution in [3.05, 3.63) is 24.3 Å². The minimum Gasteiger partial charge on any atom is -0.324 e. The highest BCUT2D eigenvalue weighted by Crippen LogP contribution is 2.32. The van der Waals surface area contributed by atoms with E-state index >= 15 is 0 Å². The molecule has 0 spiro atoms. The van der Waals surface area contributed by atoms with Gasteiger partial charge in [-0.25, -0.2) is 8.42 Å². The van der Waals surface area contributed by atoms with Gasteiger partial charge in [0.05, 0.1) is 34.7 Å². The molecule has 0 bridgehead atoms. The van der Waals surface area contributed by atoms with Gasteiger partial charge in [-0.15, -0.1) is 0 Å². The zero-order valence-electron chi connectivity index (χ0n) is 12.3. The predicted molar refractivity (Wildman–Crippen MR) is 83.3 cm³/mol. The molecule has 1 aromatic carbocycles. The van der Waals surface area contributed by atoms with Crippen LogP contribution in [0.2, 0.25) is 0 Å². The standard InChI is InChI=1S/C15H18N2O4S/c1-10-8-17(15(19)11-6-7-22(20,21)9-11)13-5-3-2-4-12(13)16-14(10)18/h2-5,10-11H,6-9H2,1H3,(H,16,18)/t10-,11+/m1/s1. The van der Waals surface area contributed by atoms with Crippen molar-refractivity contribution in [2.45, 2.75) is 13.3 Å². The molecule has 6 nitrogen and oxygen atoms in total. The number of benzene rings is 1. The van der Waals surface area contributed by atoms with E-state index < -0.39 is 15.8 Å². The fourth-order valence-corrected chi connectivity index (χ4v) is 4.68. The average Bonchev–Trinajstić information content (AvgIpc) is 2.78. The van der Waals surface area contributed by atoms with E-state index in [9.17, 15) is 18.0 Å². The van der Waals surface area contributed by atoms with Crippen LogP contribution in [-0.2, 0) is 19.4 Å². The van der Waals surface area contributed by atoms with Crippen molar-refractivity contribution in [1.82, 2.24) is 0 Å². The normalized spacial score (nSPS) is 27.0. The first-order valence-electron chi connectivity index (χ1n) is 7.29. The van der Waals surface area contributed by atoms with Gasteiger partial charge in [-0.3, -0.25) is 9.59 Å². The molecular weight excluding hydrogens is 304 g/mol.